The summed E-state index contributed by atoms with van der Waals surface area (Å²) in [5.74, 6) is -1.98. The first-order valence-electron chi connectivity index (χ1n) is 10.8. The molecule has 0 saturated heterocycles. The van der Waals surface area contributed by atoms with Crippen molar-refractivity contribution in [3.05, 3.63) is 66.4 Å². The summed E-state index contributed by atoms with van der Waals surface area (Å²) >= 11 is 0. The van der Waals surface area contributed by atoms with E-state index in [0.29, 0.717) is 53.7 Å². The van der Waals surface area contributed by atoms with E-state index in [9.17, 15) is 13.6 Å². The highest BCUT2D eigenvalue weighted by Crippen LogP contribution is 2.32. The largest absolute Gasteiger partial charge is 0.481 e. The molecular weight excluding hydrogens is 428 g/mol. The van der Waals surface area contributed by atoms with Gasteiger partial charge in [0, 0.05) is 17.8 Å². The van der Waals surface area contributed by atoms with Gasteiger partial charge >= 0.3 is 5.97 Å². The molecule has 2 aromatic carbocycles. The summed E-state index contributed by atoms with van der Waals surface area (Å²) in [7, 11) is 0. The van der Waals surface area contributed by atoms with Crippen LogP contribution in [-0.4, -0.2) is 32.1 Å². The molecule has 5 rings (SSSR count). The average Bonchev–Trinajstić information content (AvgIpc) is 3.23. The molecular formula is C25H21F2N3O3. The highest BCUT2D eigenvalue weighted by atomic mass is 19.1. The first-order chi connectivity index (χ1) is 16.0. The molecule has 1 saturated carbocycles. The lowest BCUT2D eigenvalue weighted by Gasteiger charge is -2.26. The molecule has 0 atom stereocenters. The zero-order valence-electron chi connectivity index (χ0n) is 17.6. The van der Waals surface area contributed by atoms with Crippen LogP contribution in [0.4, 0.5) is 8.78 Å². The van der Waals surface area contributed by atoms with Gasteiger partial charge in [-0.2, -0.15) is 0 Å². The quantitative estimate of drug-likeness (QED) is 0.415. The fourth-order valence-electron chi connectivity index (χ4n) is 4.26. The van der Waals surface area contributed by atoms with Gasteiger partial charge in [0.25, 0.3) is 0 Å². The van der Waals surface area contributed by atoms with Crippen LogP contribution >= 0.6 is 0 Å². The SMILES string of the molecule is O=C(O)C1CCC(Oc2ccc(-c3cc(F)c(-c4nc5ccccc5[nH]4)c(F)c3)cn2)CC1. The summed E-state index contributed by atoms with van der Waals surface area (Å²) in [6.07, 6.45) is 3.88. The number of rotatable bonds is 5. The average molecular weight is 449 g/mol. The summed E-state index contributed by atoms with van der Waals surface area (Å²) in [5, 5.41) is 9.10. The van der Waals surface area contributed by atoms with Gasteiger partial charge < -0.3 is 14.8 Å². The predicted molar refractivity (Wildman–Crippen MR) is 119 cm³/mol. The van der Waals surface area contributed by atoms with Crippen molar-refractivity contribution in [2.45, 2.75) is 31.8 Å². The molecule has 0 aliphatic heterocycles. The number of nitrogens with zero attached hydrogens (tertiary/aromatic N) is 2. The number of carboxylic acids is 1. The van der Waals surface area contributed by atoms with Crippen LogP contribution in [-0.2, 0) is 4.79 Å². The summed E-state index contributed by atoms with van der Waals surface area (Å²) in [6.45, 7) is 0. The van der Waals surface area contributed by atoms with Gasteiger partial charge in [0.15, 0.2) is 0 Å². The van der Waals surface area contributed by atoms with Crippen molar-refractivity contribution in [3.8, 4) is 28.4 Å². The number of aromatic nitrogens is 3. The van der Waals surface area contributed by atoms with Crippen molar-refractivity contribution in [2.75, 3.05) is 0 Å². The van der Waals surface area contributed by atoms with Gasteiger partial charge in [-0.05, 0) is 61.6 Å². The number of imidazole rings is 1. The molecule has 0 spiro atoms. The Labute approximate surface area is 188 Å². The molecule has 0 amide bonds. The van der Waals surface area contributed by atoms with E-state index >= 15 is 0 Å². The Balaban J connectivity index is 1.33. The Bertz CT molecular complexity index is 1260. The Hall–Kier alpha value is -3.81. The van der Waals surface area contributed by atoms with E-state index in [1.54, 1.807) is 24.3 Å². The van der Waals surface area contributed by atoms with E-state index in [-0.39, 0.29) is 23.4 Å². The number of carbonyl (C=O) groups is 1. The van der Waals surface area contributed by atoms with Crippen LogP contribution < -0.4 is 4.74 Å². The fourth-order valence-corrected chi connectivity index (χ4v) is 4.26. The first-order valence-corrected chi connectivity index (χ1v) is 10.8. The third kappa shape index (κ3) is 4.28. The zero-order valence-corrected chi connectivity index (χ0v) is 17.6. The third-order valence-corrected chi connectivity index (χ3v) is 6.05. The second-order valence-corrected chi connectivity index (χ2v) is 8.23. The number of fused-ring (bicyclic) bond motifs is 1. The Morgan fingerprint density at radius 3 is 2.36 bits per heavy atom. The maximum absolute atomic E-state index is 14.9. The summed E-state index contributed by atoms with van der Waals surface area (Å²) < 4.78 is 35.7. The van der Waals surface area contributed by atoms with Crippen molar-refractivity contribution < 1.29 is 23.4 Å². The summed E-state index contributed by atoms with van der Waals surface area (Å²) in [5.41, 5.74) is 2.02. The molecule has 1 aliphatic carbocycles. The van der Waals surface area contributed by atoms with E-state index in [2.05, 4.69) is 15.0 Å². The van der Waals surface area contributed by atoms with E-state index in [1.807, 2.05) is 12.1 Å². The predicted octanol–water partition coefficient (Wildman–Crippen LogP) is 5.59. The normalized spacial score (nSPS) is 18.4. The van der Waals surface area contributed by atoms with Crippen molar-refractivity contribution in [3.63, 3.8) is 0 Å². The molecule has 0 unspecified atom stereocenters. The van der Waals surface area contributed by atoms with Gasteiger partial charge in [0.1, 0.15) is 23.6 Å². The van der Waals surface area contributed by atoms with Crippen LogP contribution in [0, 0.1) is 17.6 Å². The highest BCUT2D eigenvalue weighted by molar-refractivity contribution is 5.80. The van der Waals surface area contributed by atoms with Crippen LogP contribution in [0.25, 0.3) is 33.5 Å². The molecule has 168 valence electrons. The number of ether oxygens (including phenoxy) is 1. The van der Waals surface area contributed by atoms with Gasteiger partial charge in [-0.1, -0.05) is 12.1 Å². The number of H-pyrrole nitrogens is 1. The lowest BCUT2D eigenvalue weighted by molar-refractivity contribution is -0.143. The monoisotopic (exact) mass is 449 g/mol. The lowest BCUT2D eigenvalue weighted by atomic mass is 9.87. The second kappa shape index (κ2) is 8.61. The zero-order chi connectivity index (χ0) is 22.9. The number of carboxylic acid groups (broad SMARTS) is 1. The Morgan fingerprint density at radius 1 is 1.00 bits per heavy atom. The number of halogens is 2. The molecule has 2 aromatic heterocycles. The van der Waals surface area contributed by atoms with Gasteiger partial charge in [-0.25, -0.2) is 18.7 Å². The second-order valence-electron chi connectivity index (χ2n) is 8.23. The molecule has 1 fully saturated rings. The minimum Gasteiger partial charge on any atom is -0.481 e. The smallest absolute Gasteiger partial charge is 0.306 e. The molecule has 33 heavy (non-hydrogen) atoms. The number of aromatic amines is 1. The van der Waals surface area contributed by atoms with Crippen LogP contribution in [0.5, 0.6) is 5.88 Å². The minimum absolute atomic E-state index is 0.0862. The third-order valence-electron chi connectivity index (χ3n) is 6.05. The minimum atomic E-state index is -0.762. The molecule has 4 aromatic rings. The maximum atomic E-state index is 14.9. The fraction of sp³-hybridized carbons (Fsp3) is 0.240. The van der Waals surface area contributed by atoms with E-state index in [0.717, 1.165) is 0 Å². The highest BCUT2D eigenvalue weighted by Gasteiger charge is 2.27. The molecule has 2 heterocycles. The van der Waals surface area contributed by atoms with Crippen molar-refractivity contribution in [1.29, 1.82) is 0 Å². The van der Waals surface area contributed by atoms with E-state index in [1.165, 1.54) is 18.3 Å². The van der Waals surface area contributed by atoms with Gasteiger partial charge in [0.05, 0.1) is 22.5 Å². The maximum Gasteiger partial charge on any atom is 0.306 e. The standard InChI is InChI=1S/C25H21F2N3O3/c26-18-11-16(12-19(27)23(18)24-29-20-3-1-2-4-21(20)30-24)15-7-10-22(28-13-15)33-17-8-5-14(6-9-17)25(31)32/h1-4,7,10-14,17H,5-6,8-9H2,(H,29,30)(H,31,32). The number of para-hydroxylation sites is 2. The van der Waals surface area contributed by atoms with Gasteiger partial charge in [-0.3, -0.25) is 4.79 Å². The number of hydrogen-bond donors (Lipinski definition) is 2. The number of benzene rings is 2. The molecule has 0 radical (unpaired) electrons. The molecule has 6 nitrogen and oxygen atoms in total. The molecule has 8 heteroatoms. The van der Waals surface area contributed by atoms with Crippen molar-refractivity contribution >= 4 is 17.0 Å². The summed E-state index contributed by atoms with van der Waals surface area (Å²) in [6, 6.07) is 13.1. The first kappa shape index (κ1) is 21.1. The van der Waals surface area contributed by atoms with Crippen LogP contribution in [0.3, 0.4) is 0 Å². The van der Waals surface area contributed by atoms with E-state index < -0.39 is 17.6 Å². The van der Waals surface area contributed by atoms with Gasteiger partial charge in [0.2, 0.25) is 5.88 Å². The van der Waals surface area contributed by atoms with Crippen molar-refractivity contribution in [2.24, 2.45) is 5.92 Å². The number of hydrogen-bond acceptors (Lipinski definition) is 4. The van der Waals surface area contributed by atoms with Crippen LogP contribution in [0.15, 0.2) is 54.7 Å². The van der Waals surface area contributed by atoms with Crippen LogP contribution in [0.2, 0.25) is 0 Å². The summed E-state index contributed by atoms with van der Waals surface area (Å²) in [4.78, 5) is 22.6. The molecule has 2 N–H and O–H groups in total. The lowest BCUT2D eigenvalue weighted by Crippen LogP contribution is -2.28. The number of aliphatic carboxylic acids is 1. The van der Waals surface area contributed by atoms with Crippen LogP contribution in [0.1, 0.15) is 25.7 Å². The van der Waals surface area contributed by atoms with E-state index in [4.69, 9.17) is 9.84 Å². The number of pyridine rings is 1. The number of nitrogens with one attached hydrogen (secondary N) is 1. The Kier molecular flexibility index (Phi) is 5.50. The van der Waals surface area contributed by atoms with Crippen molar-refractivity contribution in [1.82, 2.24) is 15.0 Å². The van der Waals surface area contributed by atoms with Gasteiger partial charge in [-0.15, -0.1) is 0 Å². The topological polar surface area (TPSA) is 88.1 Å². The molecule has 1 aliphatic rings. The molecule has 0 bridgehead atoms. The Morgan fingerprint density at radius 2 is 1.73 bits per heavy atom.